The van der Waals surface area contributed by atoms with Crippen LogP contribution < -0.4 is 5.73 Å². The molecule has 0 spiro atoms. The van der Waals surface area contributed by atoms with Crippen LogP contribution >= 0.6 is 12.4 Å². The molecule has 1 aliphatic heterocycles. The molecule has 0 radical (unpaired) electrons. The van der Waals surface area contributed by atoms with Crippen LogP contribution in [0.5, 0.6) is 0 Å². The number of hydrogen-bond donors (Lipinski definition) is 1. The minimum absolute atomic E-state index is 0. The van der Waals surface area contributed by atoms with Crippen molar-refractivity contribution in [2.45, 2.75) is 63.4 Å². The van der Waals surface area contributed by atoms with Crippen LogP contribution in [0.3, 0.4) is 0 Å². The Morgan fingerprint density at radius 2 is 1.69 bits per heavy atom. The van der Waals surface area contributed by atoms with E-state index in [2.05, 4.69) is 12.1 Å². The maximum Gasteiger partial charge on any atom is 0.253 e. The molecule has 1 saturated heterocycles. The highest BCUT2D eigenvalue weighted by atomic mass is 35.5. The van der Waals surface area contributed by atoms with Gasteiger partial charge < -0.3 is 15.4 Å². The van der Waals surface area contributed by atoms with E-state index < -0.39 is 0 Å². The van der Waals surface area contributed by atoms with Crippen molar-refractivity contribution in [1.29, 1.82) is 0 Å². The number of rotatable bonds is 6. The first-order valence-electron chi connectivity index (χ1n) is 9.99. The number of nitrogens with zero attached hydrogens (tertiary/aromatic N) is 1. The Kier molecular flexibility index (Phi) is 8.89. The summed E-state index contributed by atoms with van der Waals surface area (Å²) in [7, 11) is 0. The van der Waals surface area contributed by atoms with Gasteiger partial charge in [0, 0.05) is 25.3 Å². The molecule has 0 aromatic heterocycles. The number of halogens is 1. The van der Waals surface area contributed by atoms with E-state index in [9.17, 15) is 4.79 Å². The van der Waals surface area contributed by atoms with Gasteiger partial charge in [0.15, 0.2) is 0 Å². The van der Waals surface area contributed by atoms with Crippen molar-refractivity contribution >= 4 is 18.3 Å². The number of benzene rings is 1. The van der Waals surface area contributed by atoms with E-state index in [1.54, 1.807) is 0 Å². The van der Waals surface area contributed by atoms with Gasteiger partial charge in [0.2, 0.25) is 0 Å². The van der Waals surface area contributed by atoms with Gasteiger partial charge in [-0.15, -0.1) is 12.4 Å². The van der Waals surface area contributed by atoms with Gasteiger partial charge in [0.1, 0.15) is 0 Å². The normalized spacial score (nSPS) is 19.2. The fraction of sp³-hybridized carbons (Fsp3) is 0.667. The highest BCUT2D eigenvalue weighted by Crippen LogP contribution is 2.32. The van der Waals surface area contributed by atoms with Gasteiger partial charge in [-0.3, -0.25) is 4.79 Å². The van der Waals surface area contributed by atoms with Crippen LogP contribution in [0.25, 0.3) is 0 Å². The first kappa shape index (κ1) is 21.2. The predicted molar refractivity (Wildman–Crippen MR) is 108 cm³/mol. The lowest BCUT2D eigenvalue weighted by Gasteiger charge is -2.32. The molecule has 0 atom stereocenters. The van der Waals surface area contributed by atoms with Crippen molar-refractivity contribution in [1.82, 2.24) is 4.90 Å². The molecule has 1 aromatic carbocycles. The molecule has 4 nitrogen and oxygen atoms in total. The van der Waals surface area contributed by atoms with Gasteiger partial charge in [0.25, 0.3) is 5.91 Å². The zero-order chi connectivity index (χ0) is 17.5. The fourth-order valence-corrected chi connectivity index (χ4v) is 4.08. The topological polar surface area (TPSA) is 55.6 Å². The Labute approximate surface area is 163 Å². The summed E-state index contributed by atoms with van der Waals surface area (Å²) in [5, 5.41) is 0. The summed E-state index contributed by atoms with van der Waals surface area (Å²) in [5.74, 6) is 0.856. The SMILES string of the molecule is Cl.NCCCOC1CCN(C(=O)c2ccc(C3CCCCC3)cc2)CC1. The summed E-state index contributed by atoms with van der Waals surface area (Å²) in [6.45, 7) is 2.99. The van der Waals surface area contributed by atoms with Crippen LogP contribution in [-0.4, -0.2) is 43.2 Å². The molecule has 1 aromatic rings. The van der Waals surface area contributed by atoms with Gasteiger partial charge in [0.05, 0.1) is 6.10 Å². The summed E-state index contributed by atoms with van der Waals surface area (Å²) in [6, 6.07) is 8.39. The Hall–Kier alpha value is -1.10. The quantitative estimate of drug-likeness (QED) is 0.755. The van der Waals surface area contributed by atoms with Crippen molar-refractivity contribution in [2.24, 2.45) is 5.73 Å². The number of carbonyl (C=O) groups excluding carboxylic acids is 1. The zero-order valence-electron chi connectivity index (χ0n) is 15.7. The monoisotopic (exact) mass is 380 g/mol. The Morgan fingerprint density at radius 3 is 2.31 bits per heavy atom. The standard InChI is InChI=1S/C21H32N2O2.ClH/c22-13-4-16-25-20-11-14-23(15-12-20)21(24)19-9-7-18(8-10-19)17-5-2-1-3-6-17;/h7-10,17,20H,1-6,11-16,22H2;1H. The van der Waals surface area contributed by atoms with E-state index >= 15 is 0 Å². The van der Waals surface area contributed by atoms with E-state index in [-0.39, 0.29) is 24.4 Å². The molecule has 5 heteroatoms. The third-order valence-electron chi connectivity index (χ3n) is 5.67. The second-order valence-corrected chi connectivity index (χ2v) is 7.46. The van der Waals surface area contributed by atoms with Crippen molar-refractivity contribution in [3.05, 3.63) is 35.4 Å². The maximum atomic E-state index is 12.7. The van der Waals surface area contributed by atoms with Gasteiger partial charge in [-0.25, -0.2) is 0 Å². The van der Waals surface area contributed by atoms with Crippen LogP contribution in [0.1, 0.15) is 73.2 Å². The smallest absolute Gasteiger partial charge is 0.253 e. The summed E-state index contributed by atoms with van der Waals surface area (Å²) in [4.78, 5) is 14.7. The van der Waals surface area contributed by atoms with E-state index in [4.69, 9.17) is 10.5 Å². The average molecular weight is 381 g/mol. The van der Waals surface area contributed by atoms with Crippen LogP contribution in [0.4, 0.5) is 0 Å². The van der Waals surface area contributed by atoms with Crippen molar-refractivity contribution in [3.8, 4) is 0 Å². The third kappa shape index (κ3) is 5.70. The third-order valence-corrected chi connectivity index (χ3v) is 5.67. The molecule has 2 N–H and O–H groups in total. The Balaban J connectivity index is 0.00000243. The molecule has 0 bridgehead atoms. The molecule has 1 aliphatic carbocycles. The van der Waals surface area contributed by atoms with Crippen molar-refractivity contribution in [2.75, 3.05) is 26.2 Å². The number of likely N-dealkylation sites (tertiary alicyclic amines) is 1. The van der Waals surface area contributed by atoms with Crippen LogP contribution in [0.2, 0.25) is 0 Å². The lowest BCUT2D eigenvalue weighted by Crippen LogP contribution is -2.41. The molecule has 1 heterocycles. The average Bonchev–Trinajstić information content (AvgIpc) is 2.69. The predicted octanol–water partition coefficient (Wildman–Crippen LogP) is 4.13. The molecule has 146 valence electrons. The molecule has 2 aliphatic rings. The number of amides is 1. The van der Waals surface area contributed by atoms with Gasteiger partial charge >= 0.3 is 0 Å². The summed E-state index contributed by atoms with van der Waals surface area (Å²) in [5.41, 5.74) is 7.72. The van der Waals surface area contributed by atoms with Crippen molar-refractivity contribution < 1.29 is 9.53 Å². The second kappa shape index (κ2) is 10.9. The molecule has 1 saturated carbocycles. The summed E-state index contributed by atoms with van der Waals surface area (Å²) >= 11 is 0. The van der Waals surface area contributed by atoms with Gasteiger partial charge in [-0.05, 0) is 62.3 Å². The van der Waals surface area contributed by atoms with E-state index in [1.165, 1.54) is 37.7 Å². The van der Waals surface area contributed by atoms with Crippen LogP contribution in [-0.2, 0) is 4.74 Å². The largest absolute Gasteiger partial charge is 0.378 e. The lowest BCUT2D eigenvalue weighted by molar-refractivity contribution is 0.00844. The molecule has 2 fully saturated rings. The van der Waals surface area contributed by atoms with E-state index in [0.717, 1.165) is 44.5 Å². The van der Waals surface area contributed by atoms with E-state index in [0.29, 0.717) is 12.5 Å². The molecular weight excluding hydrogens is 348 g/mol. The number of carbonyl (C=O) groups is 1. The Bertz CT molecular complexity index is 535. The summed E-state index contributed by atoms with van der Waals surface area (Å²) in [6.07, 6.45) is 9.69. The number of nitrogens with two attached hydrogens (primary N) is 1. The molecule has 3 rings (SSSR count). The van der Waals surface area contributed by atoms with Gasteiger partial charge in [-0.1, -0.05) is 31.4 Å². The second-order valence-electron chi connectivity index (χ2n) is 7.46. The minimum atomic E-state index is 0. The Morgan fingerprint density at radius 1 is 1.04 bits per heavy atom. The molecule has 1 amide bonds. The van der Waals surface area contributed by atoms with Gasteiger partial charge in [-0.2, -0.15) is 0 Å². The van der Waals surface area contributed by atoms with E-state index in [1.807, 2.05) is 17.0 Å². The summed E-state index contributed by atoms with van der Waals surface area (Å²) < 4.78 is 5.82. The minimum Gasteiger partial charge on any atom is -0.378 e. The van der Waals surface area contributed by atoms with Crippen molar-refractivity contribution in [3.63, 3.8) is 0 Å². The maximum absolute atomic E-state index is 12.7. The molecule has 0 unspecified atom stereocenters. The lowest BCUT2D eigenvalue weighted by atomic mass is 9.84. The first-order valence-corrected chi connectivity index (χ1v) is 9.99. The first-order chi connectivity index (χ1) is 12.3. The number of piperidine rings is 1. The van der Waals surface area contributed by atoms with Crippen LogP contribution in [0.15, 0.2) is 24.3 Å². The highest BCUT2D eigenvalue weighted by molar-refractivity contribution is 5.94. The molecular formula is C21H33ClN2O2. The molecule has 26 heavy (non-hydrogen) atoms. The highest BCUT2D eigenvalue weighted by Gasteiger charge is 2.24. The van der Waals surface area contributed by atoms with Crippen LogP contribution in [0, 0.1) is 0 Å². The fourth-order valence-electron chi connectivity index (χ4n) is 4.08. The number of ether oxygens (including phenoxy) is 1. The zero-order valence-corrected chi connectivity index (χ0v) is 16.5. The number of hydrogen-bond acceptors (Lipinski definition) is 3.